The molecule has 170 valence electrons. The minimum absolute atomic E-state index is 0.0155. The van der Waals surface area contributed by atoms with Gasteiger partial charge in [-0.05, 0) is 42.5 Å². The first-order valence-corrected chi connectivity index (χ1v) is 11.2. The maximum absolute atomic E-state index is 12.7. The van der Waals surface area contributed by atoms with E-state index in [4.69, 9.17) is 28.9 Å². The molecule has 4 rings (SSSR count). The molecular weight excluding hydrogens is 453 g/mol. The van der Waals surface area contributed by atoms with Crippen molar-refractivity contribution in [2.75, 3.05) is 49.5 Å². The number of amides is 3. The van der Waals surface area contributed by atoms with E-state index < -0.39 is 12.1 Å². The predicted molar refractivity (Wildman–Crippen MR) is 126 cm³/mol. The zero-order chi connectivity index (χ0) is 22.8. The van der Waals surface area contributed by atoms with Crippen LogP contribution in [0.25, 0.3) is 0 Å². The number of halogens is 2. The average molecular weight is 478 g/mol. The number of nitrogens with two attached hydrogens (primary N) is 1. The van der Waals surface area contributed by atoms with Gasteiger partial charge in [-0.3, -0.25) is 9.69 Å². The van der Waals surface area contributed by atoms with Crippen LogP contribution in [0, 0.1) is 0 Å². The van der Waals surface area contributed by atoms with Crippen molar-refractivity contribution in [3.05, 3.63) is 58.1 Å². The first-order valence-electron chi connectivity index (χ1n) is 10.4. The Hall–Kier alpha value is -2.52. The number of nitrogens with one attached hydrogen (secondary N) is 1. The number of piperazine rings is 1. The molecule has 4 N–H and O–H groups in total. The van der Waals surface area contributed by atoms with Gasteiger partial charge >= 0.3 is 6.03 Å². The van der Waals surface area contributed by atoms with E-state index in [-0.39, 0.29) is 11.9 Å². The van der Waals surface area contributed by atoms with Crippen molar-refractivity contribution in [3.8, 4) is 0 Å². The van der Waals surface area contributed by atoms with E-state index in [2.05, 4.69) is 10.2 Å². The van der Waals surface area contributed by atoms with Crippen LogP contribution in [0.3, 0.4) is 0 Å². The molecule has 0 bridgehead atoms. The first-order chi connectivity index (χ1) is 15.3. The molecule has 2 aliphatic rings. The SMILES string of the molecule is NC(=O)Nc1cc(Cl)ccc1N1CC(O)C(N2CCN(C(=O)c3ccc(Cl)cc3)CC2)C1. The molecule has 2 fully saturated rings. The van der Waals surface area contributed by atoms with Crippen LogP contribution in [0.4, 0.5) is 16.2 Å². The molecule has 0 aromatic heterocycles. The molecule has 2 heterocycles. The van der Waals surface area contributed by atoms with Crippen molar-refractivity contribution in [1.82, 2.24) is 9.80 Å². The van der Waals surface area contributed by atoms with Crippen LogP contribution in [0.1, 0.15) is 10.4 Å². The highest BCUT2D eigenvalue weighted by Crippen LogP contribution is 2.33. The summed E-state index contributed by atoms with van der Waals surface area (Å²) in [5, 5.41) is 14.4. The first kappa shape index (κ1) is 22.7. The van der Waals surface area contributed by atoms with E-state index in [1.54, 1.807) is 36.4 Å². The second-order valence-electron chi connectivity index (χ2n) is 8.03. The molecule has 2 saturated heterocycles. The fourth-order valence-electron chi connectivity index (χ4n) is 4.37. The Kier molecular flexibility index (Phi) is 6.76. The van der Waals surface area contributed by atoms with Gasteiger partial charge in [0.1, 0.15) is 0 Å². The van der Waals surface area contributed by atoms with Gasteiger partial charge in [0, 0.05) is 54.9 Å². The number of hydrogen-bond acceptors (Lipinski definition) is 5. The zero-order valence-corrected chi connectivity index (χ0v) is 18.9. The Labute approximate surface area is 196 Å². The van der Waals surface area contributed by atoms with Crippen molar-refractivity contribution in [2.24, 2.45) is 5.73 Å². The number of nitrogens with zero attached hydrogens (tertiary/aromatic N) is 3. The highest BCUT2D eigenvalue weighted by atomic mass is 35.5. The molecule has 0 saturated carbocycles. The lowest BCUT2D eigenvalue weighted by Crippen LogP contribution is -2.54. The minimum Gasteiger partial charge on any atom is -0.390 e. The molecule has 2 aromatic rings. The van der Waals surface area contributed by atoms with Crippen LogP contribution < -0.4 is 16.0 Å². The normalized spacial score (nSPS) is 21.6. The van der Waals surface area contributed by atoms with Gasteiger partial charge in [-0.25, -0.2) is 4.79 Å². The molecule has 8 nitrogen and oxygen atoms in total. The number of urea groups is 1. The van der Waals surface area contributed by atoms with Gasteiger partial charge in [-0.2, -0.15) is 0 Å². The summed E-state index contributed by atoms with van der Waals surface area (Å²) in [6, 6.07) is 11.3. The lowest BCUT2D eigenvalue weighted by atomic mass is 10.1. The van der Waals surface area contributed by atoms with Crippen molar-refractivity contribution >= 4 is 46.5 Å². The van der Waals surface area contributed by atoms with Crippen LogP contribution in [-0.4, -0.2) is 78.3 Å². The Balaban J connectivity index is 1.40. The molecular formula is C22H25Cl2N5O3. The third kappa shape index (κ3) is 4.94. The summed E-state index contributed by atoms with van der Waals surface area (Å²) in [5.74, 6) is -0.0155. The molecule has 0 radical (unpaired) electrons. The van der Waals surface area contributed by atoms with Crippen LogP contribution in [0.15, 0.2) is 42.5 Å². The summed E-state index contributed by atoms with van der Waals surface area (Å²) in [7, 11) is 0. The number of rotatable bonds is 4. The van der Waals surface area contributed by atoms with Crippen LogP contribution in [0.5, 0.6) is 0 Å². The maximum atomic E-state index is 12.7. The smallest absolute Gasteiger partial charge is 0.316 e. The second kappa shape index (κ2) is 9.54. The van der Waals surface area contributed by atoms with Gasteiger partial charge < -0.3 is 26.0 Å². The number of primary amides is 1. The number of hydrogen-bond donors (Lipinski definition) is 3. The summed E-state index contributed by atoms with van der Waals surface area (Å²) in [5.41, 5.74) is 7.18. The monoisotopic (exact) mass is 477 g/mol. The van der Waals surface area contributed by atoms with E-state index in [0.717, 1.165) is 5.69 Å². The van der Waals surface area contributed by atoms with Gasteiger partial charge in [0.05, 0.1) is 23.5 Å². The van der Waals surface area contributed by atoms with Gasteiger partial charge in [-0.1, -0.05) is 23.2 Å². The molecule has 0 spiro atoms. The van der Waals surface area contributed by atoms with Gasteiger partial charge in [0.2, 0.25) is 0 Å². The van der Waals surface area contributed by atoms with Crippen LogP contribution in [-0.2, 0) is 0 Å². The standard InChI is InChI=1S/C22H25Cl2N5O3/c23-15-3-1-14(2-4-15)21(31)28-9-7-27(8-10-28)19-12-29(13-20(19)30)18-6-5-16(24)11-17(18)26-22(25)32/h1-6,11,19-20,30H,7-10,12-13H2,(H3,25,26,32). The van der Waals surface area contributed by atoms with Crippen molar-refractivity contribution in [1.29, 1.82) is 0 Å². The molecule has 10 heteroatoms. The van der Waals surface area contributed by atoms with Crippen molar-refractivity contribution in [3.63, 3.8) is 0 Å². The molecule has 2 atom stereocenters. The molecule has 3 amide bonds. The summed E-state index contributed by atoms with van der Waals surface area (Å²) >= 11 is 12.0. The van der Waals surface area contributed by atoms with E-state index in [9.17, 15) is 14.7 Å². The number of aliphatic hydroxyl groups is 1. The topological polar surface area (TPSA) is 102 Å². The lowest BCUT2D eigenvalue weighted by molar-refractivity contribution is 0.0376. The average Bonchev–Trinajstić information content (AvgIpc) is 3.15. The summed E-state index contributed by atoms with van der Waals surface area (Å²) in [4.78, 5) is 30.2. The van der Waals surface area contributed by atoms with Gasteiger partial charge in [-0.15, -0.1) is 0 Å². The van der Waals surface area contributed by atoms with E-state index in [0.29, 0.717) is 60.6 Å². The Bertz CT molecular complexity index is 996. The fourth-order valence-corrected chi connectivity index (χ4v) is 4.67. The third-order valence-corrected chi connectivity index (χ3v) is 6.46. The van der Waals surface area contributed by atoms with Crippen molar-refractivity contribution < 1.29 is 14.7 Å². The van der Waals surface area contributed by atoms with Gasteiger partial charge in [0.15, 0.2) is 0 Å². The molecule has 2 unspecified atom stereocenters. The summed E-state index contributed by atoms with van der Waals surface area (Å²) in [6.07, 6.45) is -0.564. The number of aliphatic hydroxyl groups excluding tert-OH is 1. The summed E-state index contributed by atoms with van der Waals surface area (Å²) in [6.45, 7) is 3.51. The highest BCUT2D eigenvalue weighted by molar-refractivity contribution is 6.31. The molecule has 0 aliphatic carbocycles. The number of carbonyl (C=O) groups excluding carboxylic acids is 2. The Morgan fingerprint density at radius 3 is 2.28 bits per heavy atom. The van der Waals surface area contributed by atoms with E-state index in [1.807, 2.05) is 15.9 Å². The molecule has 2 aromatic carbocycles. The highest BCUT2D eigenvalue weighted by Gasteiger charge is 2.38. The second-order valence-corrected chi connectivity index (χ2v) is 8.90. The Morgan fingerprint density at radius 2 is 1.62 bits per heavy atom. The fraction of sp³-hybridized carbons (Fsp3) is 0.364. The van der Waals surface area contributed by atoms with Crippen molar-refractivity contribution in [2.45, 2.75) is 12.1 Å². The number of β-amino-alcohol motifs (C(OH)–C–C–N with tert-alkyl or cyclic N) is 1. The quantitative estimate of drug-likeness (QED) is 0.627. The molecule has 32 heavy (non-hydrogen) atoms. The predicted octanol–water partition coefficient (Wildman–Crippen LogP) is 2.49. The third-order valence-electron chi connectivity index (χ3n) is 5.98. The minimum atomic E-state index is -0.675. The Morgan fingerprint density at radius 1 is 0.969 bits per heavy atom. The number of carbonyl (C=O) groups is 2. The number of anilines is 2. The molecule has 2 aliphatic heterocycles. The lowest BCUT2D eigenvalue weighted by Gasteiger charge is -2.38. The zero-order valence-electron chi connectivity index (χ0n) is 17.4. The van der Waals surface area contributed by atoms with E-state index in [1.165, 1.54) is 0 Å². The van der Waals surface area contributed by atoms with Crippen LogP contribution in [0.2, 0.25) is 10.0 Å². The van der Waals surface area contributed by atoms with Gasteiger partial charge in [0.25, 0.3) is 5.91 Å². The maximum Gasteiger partial charge on any atom is 0.316 e. The van der Waals surface area contributed by atoms with E-state index >= 15 is 0 Å². The number of benzene rings is 2. The largest absolute Gasteiger partial charge is 0.390 e. The summed E-state index contributed by atoms with van der Waals surface area (Å²) < 4.78 is 0. The van der Waals surface area contributed by atoms with Crippen LogP contribution >= 0.6 is 23.2 Å².